The Kier molecular flexibility index (Phi) is 4.34. The molecule has 3 aromatic rings. The Morgan fingerprint density at radius 3 is 2.57 bits per heavy atom. The summed E-state index contributed by atoms with van der Waals surface area (Å²) in [6.45, 7) is 6.45. The second kappa shape index (κ2) is 6.88. The molecule has 146 valence electrons. The number of hydrogen-bond acceptors (Lipinski definition) is 6. The molecule has 0 N–H and O–H groups in total. The number of allylic oxidation sites excluding steroid dienone is 2. The largest absolute Gasteiger partial charge is 0.480 e. The molecule has 7 heteroatoms. The van der Waals surface area contributed by atoms with Gasteiger partial charge in [0.25, 0.3) is 0 Å². The first-order valence-electron chi connectivity index (χ1n) is 9.94. The lowest BCUT2D eigenvalue weighted by atomic mass is 9.86. The molecular weight excluding hydrogens is 370 g/mol. The Bertz CT molecular complexity index is 1020. The van der Waals surface area contributed by atoms with E-state index in [4.69, 9.17) is 9.84 Å². The summed E-state index contributed by atoms with van der Waals surface area (Å²) in [6.07, 6.45) is 8.92. The number of pyridine rings is 1. The van der Waals surface area contributed by atoms with Crippen LogP contribution in [0.5, 0.6) is 5.88 Å². The van der Waals surface area contributed by atoms with Gasteiger partial charge in [0.2, 0.25) is 16.0 Å². The molecule has 0 aromatic carbocycles. The summed E-state index contributed by atoms with van der Waals surface area (Å²) in [5, 5.41) is 5.98. The van der Waals surface area contributed by atoms with Crippen LogP contribution in [0.15, 0.2) is 30.5 Å². The molecule has 0 radical (unpaired) electrons. The number of hydrogen-bond donors (Lipinski definition) is 0. The van der Waals surface area contributed by atoms with Gasteiger partial charge in [-0.25, -0.2) is 14.5 Å². The summed E-state index contributed by atoms with van der Waals surface area (Å²) >= 11 is 1.66. The third kappa shape index (κ3) is 2.89. The molecule has 5 rings (SSSR count). The fourth-order valence-corrected chi connectivity index (χ4v) is 5.19. The third-order valence-corrected chi connectivity index (χ3v) is 6.89. The first-order valence-corrected chi connectivity index (χ1v) is 10.8. The zero-order valence-electron chi connectivity index (χ0n) is 16.5. The lowest BCUT2D eigenvalue weighted by molar-refractivity contribution is 0.397. The summed E-state index contributed by atoms with van der Waals surface area (Å²) in [5.41, 5.74) is 2.87. The van der Waals surface area contributed by atoms with Crippen LogP contribution in [-0.4, -0.2) is 39.8 Å². The highest BCUT2D eigenvalue weighted by atomic mass is 32.1. The van der Waals surface area contributed by atoms with Crippen molar-refractivity contribution in [3.8, 4) is 17.1 Å². The van der Waals surface area contributed by atoms with Crippen molar-refractivity contribution >= 4 is 21.4 Å². The van der Waals surface area contributed by atoms with Gasteiger partial charge in [0, 0.05) is 18.8 Å². The van der Waals surface area contributed by atoms with Crippen LogP contribution in [0.2, 0.25) is 0 Å². The highest BCUT2D eigenvalue weighted by Crippen LogP contribution is 2.38. The van der Waals surface area contributed by atoms with Crippen molar-refractivity contribution in [2.75, 3.05) is 25.1 Å². The van der Waals surface area contributed by atoms with Crippen LogP contribution in [0.4, 0.5) is 5.13 Å². The van der Waals surface area contributed by atoms with Crippen LogP contribution >= 0.6 is 11.3 Å². The predicted molar refractivity (Wildman–Crippen MR) is 112 cm³/mol. The smallest absolute Gasteiger partial charge is 0.222 e. The molecule has 3 aromatic heterocycles. The number of methoxy groups -OCH3 is 1. The van der Waals surface area contributed by atoms with Gasteiger partial charge in [0.1, 0.15) is 0 Å². The average Bonchev–Trinajstić information content (AvgIpc) is 3.40. The highest BCUT2D eigenvalue weighted by molar-refractivity contribution is 7.20. The Morgan fingerprint density at radius 1 is 1.14 bits per heavy atom. The topological polar surface area (TPSA) is 55.6 Å². The lowest BCUT2D eigenvalue weighted by Crippen LogP contribution is -2.19. The molecule has 0 bridgehead atoms. The monoisotopic (exact) mass is 395 g/mol. The number of fused-ring (bicyclic) bond motifs is 2. The summed E-state index contributed by atoms with van der Waals surface area (Å²) in [6, 6.07) is 4.13. The maximum absolute atomic E-state index is 5.59. The molecule has 1 saturated heterocycles. The van der Waals surface area contributed by atoms with E-state index in [0.29, 0.717) is 11.8 Å². The van der Waals surface area contributed by atoms with Gasteiger partial charge in [0.15, 0.2) is 0 Å². The minimum absolute atomic E-state index is 0.354. The molecule has 2 atom stereocenters. The van der Waals surface area contributed by atoms with Gasteiger partial charge in [-0.1, -0.05) is 37.3 Å². The fourth-order valence-electron chi connectivity index (χ4n) is 4.29. The van der Waals surface area contributed by atoms with Crippen molar-refractivity contribution in [1.82, 2.24) is 19.6 Å². The molecule has 1 fully saturated rings. The molecule has 0 spiro atoms. The summed E-state index contributed by atoms with van der Waals surface area (Å²) in [7, 11) is 1.67. The van der Waals surface area contributed by atoms with E-state index in [9.17, 15) is 0 Å². The van der Waals surface area contributed by atoms with Crippen molar-refractivity contribution in [3.63, 3.8) is 0 Å². The molecule has 6 nitrogen and oxygen atoms in total. The van der Waals surface area contributed by atoms with E-state index >= 15 is 0 Å². The summed E-state index contributed by atoms with van der Waals surface area (Å²) < 4.78 is 7.52. The Hall–Kier alpha value is -2.41. The number of anilines is 1. The second-order valence-corrected chi connectivity index (χ2v) is 8.97. The number of imidazole rings is 1. The molecule has 1 aliphatic carbocycles. The van der Waals surface area contributed by atoms with Gasteiger partial charge in [-0.3, -0.25) is 0 Å². The van der Waals surface area contributed by atoms with Crippen molar-refractivity contribution in [3.05, 3.63) is 36.2 Å². The minimum Gasteiger partial charge on any atom is -0.480 e. The Morgan fingerprint density at radius 2 is 1.89 bits per heavy atom. The van der Waals surface area contributed by atoms with Crippen molar-refractivity contribution < 1.29 is 4.74 Å². The highest BCUT2D eigenvalue weighted by Gasteiger charge is 2.34. The van der Waals surface area contributed by atoms with E-state index in [-0.39, 0.29) is 0 Å². The lowest BCUT2D eigenvalue weighted by Gasteiger charge is -2.17. The SMILES string of the molecule is COc1nc(C(C)C)ccc1-c1cnc2sc(N3CC4CC=CCC4C3)nn12. The van der Waals surface area contributed by atoms with Crippen LogP contribution in [0, 0.1) is 11.8 Å². The number of nitrogens with zero attached hydrogens (tertiary/aromatic N) is 5. The van der Waals surface area contributed by atoms with Crippen LogP contribution in [0.1, 0.15) is 38.3 Å². The molecule has 0 amide bonds. The van der Waals surface area contributed by atoms with E-state index in [1.807, 2.05) is 10.7 Å². The van der Waals surface area contributed by atoms with Gasteiger partial charge in [-0.05, 0) is 42.7 Å². The number of aromatic nitrogens is 4. The van der Waals surface area contributed by atoms with E-state index < -0.39 is 0 Å². The number of rotatable bonds is 4. The van der Waals surface area contributed by atoms with Crippen LogP contribution < -0.4 is 9.64 Å². The number of ether oxygens (including phenoxy) is 1. The third-order valence-electron chi connectivity index (χ3n) is 5.91. The average molecular weight is 396 g/mol. The van der Waals surface area contributed by atoms with Gasteiger partial charge in [0.05, 0.1) is 24.6 Å². The zero-order chi connectivity index (χ0) is 19.3. The van der Waals surface area contributed by atoms with E-state index in [2.05, 4.69) is 53.0 Å². The molecule has 2 aliphatic rings. The molecule has 1 aliphatic heterocycles. The molecule has 28 heavy (non-hydrogen) atoms. The molecule has 4 heterocycles. The first-order chi connectivity index (χ1) is 13.6. The summed E-state index contributed by atoms with van der Waals surface area (Å²) in [4.78, 5) is 12.6. The van der Waals surface area contributed by atoms with E-state index in [1.165, 1.54) is 12.8 Å². The van der Waals surface area contributed by atoms with Crippen molar-refractivity contribution in [2.45, 2.75) is 32.6 Å². The molecular formula is C21H25N5OS. The van der Waals surface area contributed by atoms with Crippen molar-refractivity contribution in [2.24, 2.45) is 11.8 Å². The zero-order valence-corrected chi connectivity index (χ0v) is 17.3. The van der Waals surface area contributed by atoms with Crippen LogP contribution in [0.3, 0.4) is 0 Å². The molecule has 0 saturated carbocycles. The van der Waals surface area contributed by atoms with Gasteiger partial charge in [-0.15, -0.1) is 5.10 Å². The van der Waals surface area contributed by atoms with E-state index in [0.717, 1.165) is 52.0 Å². The van der Waals surface area contributed by atoms with Gasteiger partial charge in [-0.2, -0.15) is 0 Å². The normalized spacial score (nSPS) is 21.6. The van der Waals surface area contributed by atoms with Gasteiger partial charge >= 0.3 is 0 Å². The first kappa shape index (κ1) is 17.7. The Labute approximate surface area is 168 Å². The van der Waals surface area contributed by atoms with E-state index in [1.54, 1.807) is 18.4 Å². The van der Waals surface area contributed by atoms with Crippen molar-refractivity contribution in [1.29, 1.82) is 0 Å². The standard InChI is InChI=1S/C21H25N5OS/c1-13(2)17-9-8-16(19(23-17)27-3)18-10-22-20-26(18)24-21(28-20)25-11-14-6-4-5-7-15(14)12-25/h4-5,8-10,13-15H,6-7,11-12H2,1-3H3. The quantitative estimate of drug-likeness (QED) is 0.613. The Balaban J connectivity index is 1.49. The predicted octanol–water partition coefficient (Wildman–Crippen LogP) is 4.39. The van der Waals surface area contributed by atoms with Gasteiger partial charge < -0.3 is 9.64 Å². The second-order valence-electron chi connectivity index (χ2n) is 8.04. The fraction of sp³-hybridized carbons (Fsp3) is 0.476. The maximum Gasteiger partial charge on any atom is 0.222 e. The minimum atomic E-state index is 0.354. The van der Waals surface area contributed by atoms with Crippen LogP contribution in [0.25, 0.3) is 16.2 Å². The summed E-state index contributed by atoms with van der Waals surface area (Å²) in [5.74, 6) is 2.50. The molecule has 2 unspecified atom stereocenters. The maximum atomic E-state index is 5.59. The van der Waals surface area contributed by atoms with Crippen LogP contribution in [-0.2, 0) is 0 Å².